The average molecular weight is 311 g/mol. The molecule has 0 amide bonds. The molecule has 1 fully saturated rings. The molecule has 0 radical (unpaired) electrons. The standard InChI is InChI=1S/C17H27ClN2O/c1-3-19-17(15-4-6-16(18)7-5-15)9-11-20-10-8-14(12-20)13-21-2/h4-7,14,17,19H,3,8-13H2,1-2H3. The summed E-state index contributed by atoms with van der Waals surface area (Å²) in [5.74, 6) is 0.711. The van der Waals surface area contributed by atoms with E-state index in [-0.39, 0.29) is 0 Å². The van der Waals surface area contributed by atoms with Gasteiger partial charge in [-0.15, -0.1) is 0 Å². The largest absolute Gasteiger partial charge is 0.384 e. The van der Waals surface area contributed by atoms with Crippen molar-refractivity contribution >= 4 is 11.6 Å². The highest BCUT2D eigenvalue weighted by atomic mass is 35.5. The Labute approximate surface area is 133 Å². The maximum absolute atomic E-state index is 5.98. The molecule has 21 heavy (non-hydrogen) atoms. The van der Waals surface area contributed by atoms with E-state index in [2.05, 4.69) is 29.3 Å². The third-order valence-corrected chi connectivity index (χ3v) is 4.48. The molecule has 0 aromatic heterocycles. The van der Waals surface area contributed by atoms with E-state index in [1.165, 1.54) is 25.1 Å². The smallest absolute Gasteiger partial charge is 0.0503 e. The molecule has 4 heteroatoms. The number of nitrogens with zero attached hydrogens (tertiary/aromatic N) is 1. The molecule has 0 bridgehead atoms. The second kappa shape index (κ2) is 8.74. The number of halogens is 1. The van der Waals surface area contributed by atoms with Crippen molar-refractivity contribution in [1.82, 2.24) is 10.2 Å². The van der Waals surface area contributed by atoms with Gasteiger partial charge >= 0.3 is 0 Å². The second-order valence-electron chi connectivity index (χ2n) is 5.86. The molecular formula is C17H27ClN2O. The zero-order valence-corrected chi connectivity index (χ0v) is 13.9. The molecular weight excluding hydrogens is 284 g/mol. The number of methoxy groups -OCH3 is 1. The Bertz CT molecular complexity index is 410. The van der Waals surface area contributed by atoms with Crippen LogP contribution in [0.4, 0.5) is 0 Å². The van der Waals surface area contributed by atoms with Crippen LogP contribution in [-0.2, 0) is 4.74 Å². The Morgan fingerprint density at radius 2 is 2.14 bits per heavy atom. The topological polar surface area (TPSA) is 24.5 Å². The van der Waals surface area contributed by atoms with E-state index in [4.69, 9.17) is 16.3 Å². The Kier molecular flexibility index (Phi) is 6.97. The maximum Gasteiger partial charge on any atom is 0.0503 e. The van der Waals surface area contributed by atoms with Crippen molar-refractivity contribution in [3.05, 3.63) is 34.9 Å². The van der Waals surface area contributed by atoms with Crippen molar-refractivity contribution in [3.63, 3.8) is 0 Å². The molecule has 1 aromatic rings. The quantitative estimate of drug-likeness (QED) is 0.797. The fourth-order valence-corrected chi connectivity index (χ4v) is 3.25. The summed E-state index contributed by atoms with van der Waals surface area (Å²) in [4.78, 5) is 2.56. The minimum atomic E-state index is 0.411. The highest BCUT2D eigenvalue weighted by molar-refractivity contribution is 6.30. The molecule has 1 aromatic carbocycles. The molecule has 1 aliphatic heterocycles. The van der Waals surface area contributed by atoms with Gasteiger partial charge in [-0.1, -0.05) is 30.7 Å². The molecule has 1 heterocycles. The normalized spacial score (nSPS) is 20.8. The molecule has 2 atom stereocenters. The van der Waals surface area contributed by atoms with Crippen molar-refractivity contribution in [3.8, 4) is 0 Å². The molecule has 2 unspecified atom stereocenters. The van der Waals surface area contributed by atoms with Gasteiger partial charge in [0, 0.05) is 24.7 Å². The van der Waals surface area contributed by atoms with Crippen LogP contribution in [0.2, 0.25) is 5.02 Å². The Morgan fingerprint density at radius 3 is 2.81 bits per heavy atom. The summed E-state index contributed by atoms with van der Waals surface area (Å²) >= 11 is 5.98. The lowest BCUT2D eigenvalue weighted by Gasteiger charge is -2.22. The van der Waals surface area contributed by atoms with Crippen LogP contribution in [0.1, 0.15) is 31.4 Å². The minimum absolute atomic E-state index is 0.411. The van der Waals surface area contributed by atoms with Crippen LogP contribution >= 0.6 is 11.6 Å². The van der Waals surface area contributed by atoms with Crippen molar-refractivity contribution in [1.29, 1.82) is 0 Å². The van der Waals surface area contributed by atoms with Gasteiger partial charge in [-0.25, -0.2) is 0 Å². The van der Waals surface area contributed by atoms with Crippen LogP contribution in [0.25, 0.3) is 0 Å². The van der Waals surface area contributed by atoms with Gasteiger partial charge in [0.05, 0.1) is 6.61 Å². The predicted molar refractivity (Wildman–Crippen MR) is 88.9 cm³/mol. The van der Waals surface area contributed by atoms with Gasteiger partial charge in [0.15, 0.2) is 0 Å². The lowest BCUT2D eigenvalue weighted by Crippen LogP contribution is -2.28. The van der Waals surface area contributed by atoms with Gasteiger partial charge in [0.1, 0.15) is 0 Å². The summed E-state index contributed by atoms with van der Waals surface area (Å²) in [5.41, 5.74) is 1.33. The molecule has 1 aliphatic rings. The lowest BCUT2D eigenvalue weighted by molar-refractivity contribution is 0.152. The third kappa shape index (κ3) is 5.26. The highest BCUT2D eigenvalue weighted by Crippen LogP contribution is 2.22. The van der Waals surface area contributed by atoms with Gasteiger partial charge in [-0.2, -0.15) is 0 Å². The fraction of sp³-hybridized carbons (Fsp3) is 0.647. The molecule has 0 saturated carbocycles. The van der Waals surface area contributed by atoms with Crippen LogP contribution in [0, 0.1) is 5.92 Å². The van der Waals surface area contributed by atoms with Crippen LogP contribution in [0.15, 0.2) is 24.3 Å². The van der Waals surface area contributed by atoms with E-state index in [1.807, 2.05) is 12.1 Å². The van der Waals surface area contributed by atoms with Crippen LogP contribution in [-0.4, -0.2) is 44.8 Å². The summed E-state index contributed by atoms with van der Waals surface area (Å²) in [5, 5.41) is 4.39. The Morgan fingerprint density at radius 1 is 1.38 bits per heavy atom. The molecule has 2 rings (SSSR count). The van der Waals surface area contributed by atoms with Gasteiger partial charge < -0.3 is 15.0 Å². The third-order valence-electron chi connectivity index (χ3n) is 4.23. The van der Waals surface area contributed by atoms with E-state index in [0.29, 0.717) is 12.0 Å². The molecule has 0 aliphatic carbocycles. The first-order chi connectivity index (χ1) is 10.2. The van der Waals surface area contributed by atoms with Gasteiger partial charge in [0.2, 0.25) is 0 Å². The zero-order valence-electron chi connectivity index (χ0n) is 13.1. The summed E-state index contributed by atoms with van der Waals surface area (Å²) in [6.45, 7) is 7.55. The first-order valence-electron chi connectivity index (χ1n) is 7.93. The van der Waals surface area contributed by atoms with Gasteiger partial charge in [0.25, 0.3) is 0 Å². The van der Waals surface area contributed by atoms with Crippen LogP contribution in [0.5, 0.6) is 0 Å². The summed E-state index contributed by atoms with van der Waals surface area (Å²) in [7, 11) is 1.80. The lowest BCUT2D eigenvalue weighted by atomic mass is 10.0. The Hall–Kier alpha value is -0.610. The second-order valence-corrected chi connectivity index (χ2v) is 6.30. The minimum Gasteiger partial charge on any atom is -0.384 e. The SMILES string of the molecule is CCNC(CCN1CCC(COC)C1)c1ccc(Cl)cc1. The first-order valence-corrected chi connectivity index (χ1v) is 8.30. The number of nitrogens with one attached hydrogen (secondary N) is 1. The van der Waals surface area contributed by atoms with Crippen LogP contribution in [0.3, 0.4) is 0 Å². The van der Waals surface area contributed by atoms with E-state index in [0.717, 1.165) is 31.1 Å². The van der Waals surface area contributed by atoms with Crippen molar-refractivity contribution in [2.75, 3.05) is 39.9 Å². The monoisotopic (exact) mass is 310 g/mol. The molecule has 1 N–H and O–H groups in total. The molecule has 118 valence electrons. The number of likely N-dealkylation sites (tertiary alicyclic amines) is 1. The molecule has 3 nitrogen and oxygen atoms in total. The van der Waals surface area contributed by atoms with E-state index in [1.54, 1.807) is 7.11 Å². The number of rotatable bonds is 8. The molecule has 0 spiro atoms. The zero-order chi connectivity index (χ0) is 15.1. The summed E-state index contributed by atoms with van der Waals surface area (Å²) in [6.07, 6.45) is 2.40. The summed E-state index contributed by atoms with van der Waals surface area (Å²) < 4.78 is 5.27. The fourth-order valence-electron chi connectivity index (χ4n) is 3.13. The van der Waals surface area contributed by atoms with Crippen LogP contribution < -0.4 is 5.32 Å². The summed E-state index contributed by atoms with van der Waals surface area (Å²) in [6, 6.07) is 8.63. The number of hydrogen-bond acceptors (Lipinski definition) is 3. The van der Waals surface area contributed by atoms with E-state index in [9.17, 15) is 0 Å². The van der Waals surface area contributed by atoms with E-state index < -0.39 is 0 Å². The maximum atomic E-state index is 5.98. The van der Waals surface area contributed by atoms with Crippen molar-refractivity contribution < 1.29 is 4.74 Å². The first kappa shape index (κ1) is 16.8. The number of hydrogen-bond donors (Lipinski definition) is 1. The van der Waals surface area contributed by atoms with Gasteiger partial charge in [-0.3, -0.25) is 0 Å². The number of benzene rings is 1. The van der Waals surface area contributed by atoms with Crippen molar-refractivity contribution in [2.24, 2.45) is 5.92 Å². The van der Waals surface area contributed by atoms with E-state index >= 15 is 0 Å². The molecule has 1 saturated heterocycles. The predicted octanol–water partition coefficient (Wildman–Crippen LogP) is 3.35. The number of ether oxygens (including phenoxy) is 1. The average Bonchev–Trinajstić information content (AvgIpc) is 2.93. The van der Waals surface area contributed by atoms with Gasteiger partial charge in [-0.05, 0) is 56.1 Å². The highest BCUT2D eigenvalue weighted by Gasteiger charge is 2.23. The Balaban J connectivity index is 1.84. The van der Waals surface area contributed by atoms with Crippen molar-refractivity contribution in [2.45, 2.75) is 25.8 Å².